The number of rotatable bonds is 5. The number of esters is 1. The first-order valence-corrected chi connectivity index (χ1v) is 10.9. The van der Waals surface area contributed by atoms with Gasteiger partial charge in [0.1, 0.15) is 12.4 Å². The molecule has 1 aromatic carbocycles. The van der Waals surface area contributed by atoms with Gasteiger partial charge in [0, 0.05) is 29.1 Å². The molecule has 5 rings (SSSR count). The molecule has 0 bridgehead atoms. The molecule has 0 fully saturated rings. The molecule has 8 nitrogen and oxygen atoms in total. The zero-order chi connectivity index (χ0) is 23.5. The maximum absolute atomic E-state index is 14.4. The third-order valence-electron chi connectivity index (χ3n) is 6.59. The number of carbonyl (C=O) groups excluding carboxylic acids is 1. The van der Waals surface area contributed by atoms with E-state index in [2.05, 4.69) is 0 Å². The summed E-state index contributed by atoms with van der Waals surface area (Å²) in [5.41, 5.74) is 7.31. The van der Waals surface area contributed by atoms with Crippen LogP contribution in [-0.2, 0) is 39.6 Å². The van der Waals surface area contributed by atoms with E-state index in [1.54, 1.807) is 30.5 Å². The van der Waals surface area contributed by atoms with Crippen molar-refractivity contribution < 1.29 is 23.8 Å². The number of pyridine rings is 2. The summed E-state index contributed by atoms with van der Waals surface area (Å²) < 4.78 is 26.8. The number of ether oxygens (including phenoxy) is 2. The summed E-state index contributed by atoms with van der Waals surface area (Å²) in [6.45, 7) is 4.32. The van der Waals surface area contributed by atoms with Crippen molar-refractivity contribution in [2.24, 2.45) is 5.73 Å². The molecule has 3 N–H and O–H groups in total. The number of benzene rings is 1. The molecule has 2 aliphatic rings. The Morgan fingerprint density at radius 1 is 1.30 bits per heavy atom. The first-order valence-electron chi connectivity index (χ1n) is 10.9. The van der Waals surface area contributed by atoms with Gasteiger partial charge in [-0.1, -0.05) is 6.92 Å². The van der Waals surface area contributed by atoms with Gasteiger partial charge in [-0.25, -0.2) is 14.2 Å². The maximum Gasteiger partial charge on any atom is 0.343 e. The molecule has 0 saturated carbocycles. The zero-order valence-corrected chi connectivity index (χ0v) is 18.4. The van der Waals surface area contributed by atoms with E-state index < -0.39 is 11.6 Å². The fraction of sp³-hybridized carbons (Fsp3) is 0.375. The number of nitrogens with zero attached hydrogens (tertiary/aromatic N) is 2. The van der Waals surface area contributed by atoms with Gasteiger partial charge in [-0.05, 0) is 36.6 Å². The minimum absolute atomic E-state index is 0.0579. The number of nitrogens with two attached hydrogens (primary N) is 1. The van der Waals surface area contributed by atoms with E-state index in [1.807, 2.05) is 0 Å². The van der Waals surface area contributed by atoms with Gasteiger partial charge in [0.2, 0.25) is 0 Å². The van der Waals surface area contributed by atoms with Gasteiger partial charge in [0.05, 0.1) is 42.2 Å². The number of hydrogen-bond acceptors (Lipinski definition) is 7. The summed E-state index contributed by atoms with van der Waals surface area (Å²) >= 11 is 0. The van der Waals surface area contributed by atoms with E-state index in [0.717, 1.165) is 16.5 Å². The summed E-state index contributed by atoms with van der Waals surface area (Å²) in [5, 5.41) is 11.8. The van der Waals surface area contributed by atoms with Crippen molar-refractivity contribution in [3.63, 3.8) is 0 Å². The standard InChI is InChI=1S/C24H24FN3O5/c1-3-24(31)17-7-20-21-14(9-28(20)22(29)16(17)11-33-23(24)30)15(10-32-5-4-26)13-6-12(2)18(25)8-19(13)27-21/h6-8,31H,3-5,9-11,26H2,1-2H3/t24-/m0/s1. The Bertz CT molecular complexity index is 1380. The van der Waals surface area contributed by atoms with E-state index in [4.69, 9.17) is 20.2 Å². The molecule has 0 saturated heterocycles. The van der Waals surface area contributed by atoms with Crippen molar-refractivity contribution in [3.05, 3.63) is 62.2 Å². The highest BCUT2D eigenvalue weighted by Crippen LogP contribution is 2.40. The van der Waals surface area contributed by atoms with E-state index in [1.165, 1.54) is 6.07 Å². The summed E-state index contributed by atoms with van der Waals surface area (Å²) in [5.74, 6) is -1.16. The van der Waals surface area contributed by atoms with Crippen LogP contribution in [0.2, 0.25) is 0 Å². The van der Waals surface area contributed by atoms with Crippen LogP contribution in [0.25, 0.3) is 22.3 Å². The quantitative estimate of drug-likeness (QED) is 0.351. The minimum atomic E-state index is -1.90. The second-order valence-electron chi connectivity index (χ2n) is 8.48. The van der Waals surface area contributed by atoms with Gasteiger partial charge in [-0.3, -0.25) is 4.79 Å². The van der Waals surface area contributed by atoms with Crippen molar-refractivity contribution in [2.45, 2.75) is 45.6 Å². The molecule has 172 valence electrons. The SMILES string of the molecule is CC[C@@]1(O)C(=O)OCc2c1cc1n(c2=O)Cc2c-1nc1cc(F)c(C)cc1c2COCCN. The second kappa shape index (κ2) is 7.72. The number of hydrogen-bond donors (Lipinski definition) is 2. The Morgan fingerprint density at radius 2 is 2.09 bits per heavy atom. The molecule has 0 unspecified atom stereocenters. The second-order valence-corrected chi connectivity index (χ2v) is 8.48. The Morgan fingerprint density at radius 3 is 2.82 bits per heavy atom. The van der Waals surface area contributed by atoms with Gasteiger partial charge in [-0.2, -0.15) is 0 Å². The van der Waals surface area contributed by atoms with Crippen molar-refractivity contribution >= 4 is 16.9 Å². The van der Waals surface area contributed by atoms with Gasteiger partial charge in [0.25, 0.3) is 5.56 Å². The van der Waals surface area contributed by atoms with E-state index in [-0.39, 0.29) is 48.7 Å². The number of fused-ring (bicyclic) bond motifs is 5. The first-order chi connectivity index (χ1) is 15.8. The fourth-order valence-corrected chi connectivity index (χ4v) is 4.71. The molecular formula is C24H24FN3O5. The average molecular weight is 453 g/mol. The lowest BCUT2D eigenvalue weighted by Gasteiger charge is -2.31. The summed E-state index contributed by atoms with van der Waals surface area (Å²) in [7, 11) is 0. The highest BCUT2D eigenvalue weighted by molar-refractivity contribution is 5.89. The minimum Gasteiger partial charge on any atom is -0.458 e. The summed E-state index contributed by atoms with van der Waals surface area (Å²) in [6.07, 6.45) is 0.0579. The number of aryl methyl sites for hydroxylation is 1. The van der Waals surface area contributed by atoms with Crippen LogP contribution in [0.15, 0.2) is 23.0 Å². The van der Waals surface area contributed by atoms with E-state index in [9.17, 15) is 19.1 Å². The maximum atomic E-state index is 14.4. The van der Waals surface area contributed by atoms with Gasteiger partial charge in [0.15, 0.2) is 5.60 Å². The summed E-state index contributed by atoms with van der Waals surface area (Å²) in [6, 6.07) is 4.74. The summed E-state index contributed by atoms with van der Waals surface area (Å²) in [4.78, 5) is 30.4. The fourth-order valence-electron chi connectivity index (χ4n) is 4.71. The predicted octanol–water partition coefficient (Wildman–Crippen LogP) is 2.00. The molecule has 4 heterocycles. The molecule has 9 heteroatoms. The van der Waals surface area contributed by atoms with Gasteiger partial charge >= 0.3 is 5.97 Å². The van der Waals surface area contributed by atoms with Crippen LogP contribution < -0.4 is 11.3 Å². The van der Waals surface area contributed by atoms with E-state index in [0.29, 0.717) is 35.6 Å². The molecule has 1 atom stereocenters. The smallest absolute Gasteiger partial charge is 0.343 e. The van der Waals surface area contributed by atoms with Crippen molar-refractivity contribution in [1.29, 1.82) is 0 Å². The monoisotopic (exact) mass is 453 g/mol. The molecule has 0 aliphatic carbocycles. The topological polar surface area (TPSA) is 117 Å². The van der Waals surface area contributed by atoms with Crippen molar-refractivity contribution in [2.75, 3.05) is 13.2 Å². The van der Waals surface area contributed by atoms with Crippen LogP contribution in [0.1, 0.15) is 41.2 Å². The number of carbonyl (C=O) groups is 1. The zero-order valence-electron chi connectivity index (χ0n) is 18.4. The highest BCUT2D eigenvalue weighted by Gasteiger charge is 2.45. The number of cyclic esters (lactones) is 1. The Kier molecular flexibility index (Phi) is 5.08. The Labute approximate surface area is 188 Å². The van der Waals surface area contributed by atoms with Crippen LogP contribution in [0.4, 0.5) is 4.39 Å². The molecule has 0 spiro atoms. The number of halogens is 1. The highest BCUT2D eigenvalue weighted by atomic mass is 19.1. The van der Waals surface area contributed by atoms with Crippen molar-refractivity contribution in [3.8, 4) is 11.4 Å². The Hall–Kier alpha value is -3.14. The largest absolute Gasteiger partial charge is 0.458 e. The van der Waals surface area contributed by atoms with Crippen LogP contribution in [0, 0.1) is 12.7 Å². The molecule has 0 radical (unpaired) electrons. The lowest BCUT2D eigenvalue weighted by atomic mass is 9.86. The lowest BCUT2D eigenvalue weighted by molar-refractivity contribution is -0.172. The average Bonchev–Trinajstić information content (AvgIpc) is 3.16. The molecule has 2 aromatic heterocycles. The lowest BCUT2D eigenvalue weighted by Crippen LogP contribution is -2.44. The predicted molar refractivity (Wildman–Crippen MR) is 118 cm³/mol. The van der Waals surface area contributed by atoms with Gasteiger partial charge in [-0.15, -0.1) is 0 Å². The molecule has 2 aliphatic heterocycles. The molecule has 33 heavy (non-hydrogen) atoms. The van der Waals surface area contributed by atoms with Crippen LogP contribution >= 0.6 is 0 Å². The molecule has 3 aromatic rings. The normalized spacial score (nSPS) is 18.8. The van der Waals surface area contributed by atoms with Crippen molar-refractivity contribution in [1.82, 2.24) is 9.55 Å². The number of aromatic nitrogens is 2. The Balaban J connectivity index is 1.78. The third kappa shape index (κ3) is 3.11. The van der Waals surface area contributed by atoms with Crippen LogP contribution in [-0.4, -0.2) is 33.8 Å². The van der Waals surface area contributed by atoms with Crippen LogP contribution in [0.3, 0.4) is 0 Å². The molecule has 0 amide bonds. The number of aliphatic hydroxyl groups is 1. The van der Waals surface area contributed by atoms with E-state index >= 15 is 0 Å². The van der Waals surface area contributed by atoms with Crippen LogP contribution in [0.5, 0.6) is 0 Å². The molecular weight excluding hydrogens is 429 g/mol. The first kappa shape index (κ1) is 21.7. The third-order valence-corrected chi connectivity index (χ3v) is 6.59. The van der Waals surface area contributed by atoms with Gasteiger partial charge < -0.3 is 24.9 Å².